The Morgan fingerprint density at radius 2 is 1.72 bits per heavy atom. The second kappa shape index (κ2) is 9.02. The van der Waals surface area contributed by atoms with E-state index in [0.717, 1.165) is 35.6 Å². The maximum absolute atomic E-state index is 6.26. The molecule has 2 saturated carbocycles. The Bertz CT molecular complexity index is 794. The Kier molecular flexibility index (Phi) is 6.22. The van der Waals surface area contributed by atoms with Crippen LogP contribution < -0.4 is 14.8 Å². The second-order valence-corrected chi connectivity index (χ2v) is 8.88. The molecule has 0 saturated heterocycles. The summed E-state index contributed by atoms with van der Waals surface area (Å²) in [6.07, 6.45) is 10.7. The molecular formula is C24H33N3O2. The zero-order valence-corrected chi connectivity index (χ0v) is 17.9. The smallest absolute Gasteiger partial charge is 0.226 e. The second-order valence-electron chi connectivity index (χ2n) is 8.88. The zero-order chi connectivity index (χ0) is 20.2. The molecule has 0 amide bonds. The minimum atomic E-state index is 0.162. The summed E-state index contributed by atoms with van der Waals surface area (Å²) in [5.74, 6) is 3.07. The molecule has 1 aromatic heterocycles. The quantitative estimate of drug-likeness (QED) is 0.637. The van der Waals surface area contributed by atoms with Gasteiger partial charge >= 0.3 is 0 Å². The fourth-order valence-electron chi connectivity index (χ4n) is 3.94. The first-order valence-electron chi connectivity index (χ1n) is 11.1. The van der Waals surface area contributed by atoms with Crippen molar-refractivity contribution >= 4 is 5.95 Å². The molecule has 2 aromatic rings. The maximum Gasteiger partial charge on any atom is 0.226 e. The Morgan fingerprint density at radius 3 is 2.34 bits per heavy atom. The van der Waals surface area contributed by atoms with Crippen LogP contribution in [-0.2, 0) is 0 Å². The molecule has 0 unspecified atom stereocenters. The van der Waals surface area contributed by atoms with E-state index in [1.807, 2.05) is 32.2 Å². The van der Waals surface area contributed by atoms with Gasteiger partial charge in [-0.1, -0.05) is 19.1 Å². The summed E-state index contributed by atoms with van der Waals surface area (Å²) in [5, 5.41) is 3.54. The van der Waals surface area contributed by atoms with E-state index in [-0.39, 0.29) is 12.2 Å². The maximum atomic E-state index is 6.26. The highest BCUT2D eigenvalue weighted by molar-refractivity contribution is 5.69. The fourth-order valence-corrected chi connectivity index (χ4v) is 3.94. The molecule has 0 spiro atoms. The van der Waals surface area contributed by atoms with E-state index in [1.54, 1.807) is 0 Å². The third-order valence-electron chi connectivity index (χ3n) is 5.97. The minimum absolute atomic E-state index is 0.162. The van der Waals surface area contributed by atoms with Gasteiger partial charge in [-0.05, 0) is 82.4 Å². The molecule has 156 valence electrons. The molecule has 2 aliphatic rings. The van der Waals surface area contributed by atoms with Crippen molar-refractivity contribution in [3.05, 3.63) is 30.5 Å². The van der Waals surface area contributed by atoms with E-state index in [0.29, 0.717) is 17.9 Å². The van der Waals surface area contributed by atoms with Crippen LogP contribution in [0.4, 0.5) is 5.95 Å². The van der Waals surface area contributed by atoms with Crippen molar-refractivity contribution < 1.29 is 9.47 Å². The van der Waals surface area contributed by atoms with E-state index in [4.69, 9.17) is 14.5 Å². The van der Waals surface area contributed by atoms with Crippen LogP contribution in [0.3, 0.4) is 0 Å². The van der Waals surface area contributed by atoms with Gasteiger partial charge in [0.1, 0.15) is 11.9 Å². The summed E-state index contributed by atoms with van der Waals surface area (Å²) < 4.78 is 12.0. The normalized spacial score (nSPS) is 22.2. The lowest BCUT2D eigenvalue weighted by atomic mass is 9.87. The lowest BCUT2D eigenvalue weighted by Gasteiger charge is -2.28. The molecule has 4 rings (SSSR count). The number of rotatable bonds is 7. The lowest BCUT2D eigenvalue weighted by Crippen LogP contribution is -2.27. The van der Waals surface area contributed by atoms with Gasteiger partial charge in [0.15, 0.2) is 0 Å². The molecule has 1 heterocycles. The molecule has 0 aliphatic heterocycles. The van der Waals surface area contributed by atoms with Gasteiger partial charge in [-0.25, -0.2) is 4.98 Å². The molecule has 1 aromatic carbocycles. The molecular weight excluding hydrogens is 362 g/mol. The van der Waals surface area contributed by atoms with Crippen LogP contribution in [0.15, 0.2) is 30.5 Å². The Morgan fingerprint density at radius 1 is 1.00 bits per heavy atom. The van der Waals surface area contributed by atoms with Gasteiger partial charge in [-0.3, -0.25) is 0 Å². The number of nitrogens with one attached hydrogen (secondary N) is 1. The molecule has 0 atom stereocenters. The van der Waals surface area contributed by atoms with Gasteiger partial charge < -0.3 is 14.8 Å². The number of hydrogen-bond donors (Lipinski definition) is 1. The number of hydrogen-bond acceptors (Lipinski definition) is 5. The summed E-state index contributed by atoms with van der Waals surface area (Å²) in [6.45, 7) is 6.40. The number of anilines is 1. The van der Waals surface area contributed by atoms with Gasteiger partial charge in [0.25, 0.3) is 0 Å². The van der Waals surface area contributed by atoms with Crippen LogP contribution in [0.5, 0.6) is 11.6 Å². The molecule has 0 radical (unpaired) electrons. The standard InChI is InChI=1S/C24H33N3O2/c1-16(2)28-21-13-9-18(10-14-21)22-15-25-24(26-19-11-7-17(3)8-12-19)27-23(22)29-20-5-4-6-20/h9-10,13-17,19-20H,4-8,11-12H2,1-3H3,(H,25,26,27). The summed E-state index contributed by atoms with van der Waals surface area (Å²) in [5.41, 5.74) is 1.99. The average molecular weight is 396 g/mol. The van der Waals surface area contributed by atoms with Gasteiger partial charge in [0.05, 0.1) is 11.7 Å². The largest absolute Gasteiger partial charge is 0.491 e. The van der Waals surface area contributed by atoms with Crippen molar-refractivity contribution in [2.75, 3.05) is 5.32 Å². The van der Waals surface area contributed by atoms with Crippen LogP contribution in [0.25, 0.3) is 11.1 Å². The van der Waals surface area contributed by atoms with Crippen molar-refractivity contribution in [3.63, 3.8) is 0 Å². The zero-order valence-electron chi connectivity index (χ0n) is 17.9. The van der Waals surface area contributed by atoms with Gasteiger partial charge in [0.2, 0.25) is 11.8 Å². The highest BCUT2D eigenvalue weighted by atomic mass is 16.5. The Balaban J connectivity index is 1.54. The lowest BCUT2D eigenvalue weighted by molar-refractivity contribution is 0.115. The molecule has 2 aliphatic carbocycles. The van der Waals surface area contributed by atoms with Crippen LogP contribution in [0.1, 0.15) is 65.7 Å². The average Bonchev–Trinajstić information content (AvgIpc) is 2.67. The van der Waals surface area contributed by atoms with E-state index < -0.39 is 0 Å². The number of benzene rings is 1. The number of ether oxygens (including phenoxy) is 2. The number of nitrogens with zero attached hydrogens (tertiary/aromatic N) is 2. The van der Waals surface area contributed by atoms with Crippen molar-refractivity contribution in [2.24, 2.45) is 5.92 Å². The van der Waals surface area contributed by atoms with Crippen LogP contribution in [-0.4, -0.2) is 28.2 Å². The third kappa shape index (κ3) is 5.20. The Labute approximate surface area is 174 Å². The Hall–Kier alpha value is -2.30. The van der Waals surface area contributed by atoms with E-state index in [9.17, 15) is 0 Å². The van der Waals surface area contributed by atoms with Crippen LogP contribution in [0.2, 0.25) is 0 Å². The first-order valence-corrected chi connectivity index (χ1v) is 11.1. The molecule has 1 N–H and O–H groups in total. The van der Waals surface area contributed by atoms with Crippen molar-refractivity contribution in [1.29, 1.82) is 0 Å². The van der Waals surface area contributed by atoms with Gasteiger partial charge in [0, 0.05) is 12.2 Å². The van der Waals surface area contributed by atoms with Gasteiger partial charge in [-0.15, -0.1) is 0 Å². The van der Waals surface area contributed by atoms with E-state index in [1.165, 1.54) is 32.1 Å². The van der Waals surface area contributed by atoms with E-state index in [2.05, 4.69) is 29.4 Å². The SMILES string of the molecule is CC1CCC(Nc2ncc(-c3ccc(OC(C)C)cc3)c(OC3CCC3)n2)CC1. The van der Waals surface area contributed by atoms with Gasteiger partial charge in [-0.2, -0.15) is 4.98 Å². The molecule has 29 heavy (non-hydrogen) atoms. The summed E-state index contributed by atoms with van der Waals surface area (Å²) in [6, 6.07) is 8.57. The summed E-state index contributed by atoms with van der Waals surface area (Å²) in [4.78, 5) is 9.40. The first kappa shape index (κ1) is 20.0. The summed E-state index contributed by atoms with van der Waals surface area (Å²) in [7, 11) is 0. The molecule has 2 fully saturated rings. The predicted octanol–water partition coefficient (Wildman–Crippen LogP) is 5.85. The molecule has 5 nitrogen and oxygen atoms in total. The molecule has 5 heteroatoms. The van der Waals surface area contributed by atoms with Crippen molar-refractivity contribution in [3.8, 4) is 22.8 Å². The predicted molar refractivity (Wildman–Crippen MR) is 117 cm³/mol. The van der Waals surface area contributed by atoms with Crippen LogP contribution >= 0.6 is 0 Å². The number of aromatic nitrogens is 2. The highest BCUT2D eigenvalue weighted by Crippen LogP contribution is 2.34. The minimum Gasteiger partial charge on any atom is -0.491 e. The van der Waals surface area contributed by atoms with Crippen LogP contribution in [0, 0.1) is 5.92 Å². The monoisotopic (exact) mass is 395 g/mol. The fraction of sp³-hybridized carbons (Fsp3) is 0.583. The highest BCUT2D eigenvalue weighted by Gasteiger charge is 2.23. The van der Waals surface area contributed by atoms with Crippen molar-refractivity contribution in [2.45, 2.75) is 84.0 Å². The molecule has 0 bridgehead atoms. The third-order valence-corrected chi connectivity index (χ3v) is 5.97. The topological polar surface area (TPSA) is 56.3 Å². The van der Waals surface area contributed by atoms with Crippen molar-refractivity contribution in [1.82, 2.24) is 9.97 Å². The first-order chi connectivity index (χ1) is 14.1. The summed E-state index contributed by atoms with van der Waals surface area (Å²) >= 11 is 0. The van der Waals surface area contributed by atoms with E-state index >= 15 is 0 Å².